The molecule has 17 nitrogen and oxygen atoms in total. The lowest BCUT2D eigenvalue weighted by atomic mass is 9.47. The molecular formula is C45H72O17. The van der Waals surface area contributed by atoms with Crippen LogP contribution in [0.15, 0.2) is 11.6 Å². The highest BCUT2D eigenvalue weighted by Crippen LogP contribution is 2.70. The lowest BCUT2D eigenvalue weighted by Gasteiger charge is -2.59. The topological polar surface area (TPSA) is 256 Å². The molecule has 8 fully saturated rings. The Balaban J connectivity index is 0.940. The average molecular weight is 885 g/mol. The van der Waals surface area contributed by atoms with E-state index in [2.05, 4.69) is 33.8 Å². The summed E-state index contributed by atoms with van der Waals surface area (Å²) >= 11 is 0. The van der Waals surface area contributed by atoms with E-state index in [1.54, 1.807) is 0 Å². The van der Waals surface area contributed by atoms with Crippen LogP contribution < -0.4 is 0 Å². The van der Waals surface area contributed by atoms with Crippen LogP contribution >= 0.6 is 0 Å². The zero-order valence-corrected chi connectivity index (χ0v) is 36.6. The Labute approximate surface area is 363 Å². The van der Waals surface area contributed by atoms with E-state index >= 15 is 0 Å². The Hall–Kier alpha value is -0.940. The van der Waals surface area contributed by atoms with E-state index < -0.39 is 117 Å². The van der Waals surface area contributed by atoms with Crippen LogP contribution in [0.4, 0.5) is 0 Å². The van der Waals surface area contributed by atoms with Crippen molar-refractivity contribution in [3.05, 3.63) is 11.6 Å². The van der Waals surface area contributed by atoms with Gasteiger partial charge in [-0.25, -0.2) is 0 Å². The normalized spacial score (nSPS) is 57.6. The predicted molar refractivity (Wildman–Crippen MR) is 214 cm³/mol. The zero-order valence-electron chi connectivity index (χ0n) is 36.6. The van der Waals surface area contributed by atoms with Crippen LogP contribution in [0.25, 0.3) is 0 Å². The Morgan fingerprint density at radius 1 is 0.677 bits per heavy atom. The van der Waals surface area contributed by atoms with Crippen molar-refractivity contribution < 1.29 is 83.9 Å². The Bertz CT molecular complexity index is 1610. The van der Waals surface area contributed by atoms with Crippen LogP contribution in [0.1, 0.15) is 92.4 Å². The highest BCUT2D eigenvalue weighted by molar-refractivity contribution is 5.26. The molecule has 354 valence electrons. The molecule has 26 atom stereocenters. The second-order valence-electron chi connectivity index (χ2n) is 21.1. The molecule has 0 aromatic heterocycles. The number of aliphatic hydroxyl groups excluding tert-OH is 9. The van der Waals surface area contributed by atoms with Gasteiger partial charge in [-0.3, -0.25) is 0 Å². The van der Waals surface area contributed by atoms with Gasteiger partial charge in [0.05, 0.1) is 38.1 Å². The first-order valence-electron chi connectivity index (χ1n) is 23.4. The molecule has 5 heterocycles. The largest absolute Gasteiger partial charge is 0.394 e. The van der Waals surface area contributed by atoms with Gasteiger partial charge in [-0.2, -0.15) is 0 Å². The summed E-state index contributed by atoms with van der Waals surface area (Å²) in [6, 6.07) is 0. The van der Waals surface area contributed by atoms with Crippen LogP contribution in [-0.2, 0) is 37.9 Å². The van der Waals surface area contributed by atoms with Gasteiger partial charge < -0.3 is 83.9 Å². The number of hydrogen-bond acceptors (Lipinski definition) is 17. The summed E-state index contributed by atoms with van der Waals surface area (Å²) in [6.45, 7) is 10.4. The fourth-order valence-electron chi connectivity index (χ4n) is 14.0. The van der Waals surface area contributed by atoms with E-state index in [0.717, 1.165) is 51.6 Å². The molecule has 9 rings (SSSR count). The fraction of sp³-hybridized carbons (Fsp3) is 0.956. The second kappa shape index (κ2) is 17.3. The minimum Gasteiger partial charge on any atom is -0.394 e. The lowest BCUT2D eigenvalue weighted by Crippen LogP contribution is -2.67. The van der Waals surface area contributed by atoms with Crippen LogP contribution in [0.5, 0.6) is 0 Å². The molecule has 0 amide bonds. The van der Waals surface area contributed by atoms with Gasteiger partial charge in [0.15, 0.2) is 24.7 Å². The van der Waals surface area contributed by atoms with Gasteiger partial charge in [-0.15, -0.1) is 0 Å². The third kappa shape index (κ3) is 7.49. The van der Waals surface area contributed by atoms with E-state index in [0.29, 0.717) is 48.3 Å². The average Bonchev–Trinajstić information content (AvgIpc) is 3.70. The first-order chi connectivity index (χ1) is 29.4. The summed E-state index contributed by atoms with van der Waals surface area (Å²) in [7, 11) is 0. The van der Waals surface area contributed by atoms with Crippen molar-refractivity contribution in [2.45, 2.75) is 203 Å². The number of allylic oxidation sites excluding steroid dienone is 1. The van der Waals surface area contributed by atoms with Gasteiger partial charge in [-0.1, -0.05) is 39.3 Å². The maximum absolute atomic E-state index is 11.6. The predicted octanol–water partition coefficient (Wildman–Crippen LogP) is 0.214. The number of hydrogen-bond donors (Lipinski definition) is 9. The Kier molecular flexibility index (Phi) is 12.9. The second-order valence-corrected chi connectivity index (χ2v) is 21.1. The van der Waals surface area contributed by atoms with Gasteiger partial charge in [0.1, 0.15) is 67.1 Å². The van der Waals surface area contributed by atoms with Crippen LogP contribution in [0, 0.1) is 46.3 Å². The summed E-state index contributed by atoms with van der Waals surface area (Å²) in [4.78, 5) is 0. The number of rotatable bonds is 8. The highest BCUT2D eigenvalue weighted by atomic mass is 16.8. The minimum atomic E-state index is -1.84. The number of fused-ring (bicyclic) bond motifs is 7. The van der Waals surface area contributed by atoms with Crippen molar-refractivity contribution in [1.29, 1.82) is 0 Å². The molecule has 0 aromatic carbocycles. The summed E-state index contributed by atoms with van der Waals surface area (Å²) in [5.41, 5.74) is 1.45. The van der Waals surface area contributed by atoms with Gasteiger partial charge in [0, 0.05) is 12.3 Å². The van der Waals surface area contributed by atoms with Crippen LogP contribution in [-0.4, -0.2) is 176 Å². The first kappa shape index (κ1) is 46.2. The quantitative estimate of drug-likeness (QED) is 0.148. The molecule has 0 bridgehead atoms. The molecule has 4 aliphatic carbocycles. The van der Waals surface area contributed by atoms with Gasteiger partial charge >= 0.3 is 0 Å². The summed E-state index contributed by atoms with van der Waals surface area (Å²) in [5, 5.41) is 95.8. The molecule has 9 aliphatic rings. The molecule has 17 heteroatoms. The number of aliphatic hydroxyl groups is 9. The van der Waals surface area contributed by atoms with E-state index in [9.17, 15) is 46.0 Å². The van der Waals surface area contributed by atoms with Crippen molar-refractivity contribution in [2.24, 2.45) is 46.3 Å². The van der Waals surface area contributed by atoms with Crippen molar-refractivity contribution in [3.63, 3.8) is 0 Å². The first-order valence-corrected chi connectivity index (χ1v) is 23.4. The monoisotopic (exact) mass is 884 g/mol. The third-order valence-corrected chi connectivity index (χ3v) is 17.7. The van der Waals surface area contributed by atoms with Crippen molar-refractivity contribution in [3.8, 4) is 0 Å². The van der Waals surface area contributed by atoms with Crippen molar-refractivity contribution in [2.75, 3.05) is 19.8 Å². The molecule has 3 saturated carbocycles. The van der Waals surface area contributed by atoms with Crippen LogP contribution in [0.2, 0.25) is 0 Å². The van der Waals surface area contributed by atoms with Gasteiger partial charge in [0.2, 0.25) is 0 Å². The van der Waals surface area contributed by atoms with Crippen LogP contribution in [0.3, 0.4) is 0 Å². The molecule has 0 aromatic rings. The molecule has 1 spiro atoms. The summed E-state index contributed by atoms with van der Waals surface area (Å²) in [5.74, 6) is 2.52. The maximum atomic E-state index is 11.6. The molecule has 5 saturated heterocycles. The summed E-state index contributed by atoms with van der Waals surface area (Å²) < 4.78 is 50.3. The van der Waals surface area contributed by atoms with E-state index in [4.69, 9.17) is 37.9 Å². The highest BCUT2D eigenvalue weighted by Gasteiger charge is 2.69. The van der Waals surface area contributed by atoms with E-state index in [1.807, 2.05) is 0 Å². The minimum absolute atomic E-state index is 0.0484. The zero-order chi connectivity index (χ0) is 44.2. The molecule has 0 radical (unpaired) electrons. The molecule has 9 N–H and O–H groups in total. The molecule has 0 unspecified atom stereocenters. The summed E-state index contributed by atoms with van der Waals surface area (Å²) in [6.07, 6.45) is -12.4. The molecular weight excluding hydrogens is 812 g/mol. The Morgan fingerprint density at radius 2 is 1.34 bits per heavy atom. The maximum Gasteiger partial charge on any atom is 0.187 e. The molecule has 5 aliphatic heterocycles. The Morgan fingerprint density at radius 3 is 2.03 bits per heavy atom. The van der Waals surface area contributed by atoms with Crippen molar-refractivity contribution >= 4 is 0 Å². The fourth-order valence-corrected chi connectivity index (χ4v) is 14.0. The lowest BCUT2D eigenvalue weighted by molar-refractivity contribution is -0.394. The smallest absolute Gasteiger partial charge is 0.187 e. The third-order valence-electron chi connectivity index (χ3n) is 17.7. The standard InChI is InChI=1S/C45H72O17/c1-19-8-13-45(55-18-19)20(2)30-27(62-45)15-26-24-7-6-22-14-23(9-11-43(22,4)25(24)10-12-44(26,30)5)57-42-39(61-40-36(53)34(51)31(48)21(3)56-40)38(33(50)29(17-47)59-42)60-41-37(54)35(52)32(49)28(16-46)58-41/h6,19-21,23-42,46-54H,7-18H2,1-5H3/t19-,20+,21+,23+,24-,25+,26+,27+,28-,29-,30+,31+,32-,33-,34-,35+,36-,37-,38+,39-,40-,41+,42+,43+,44+,45-/m1/s1. The van der Waals surface area contributed by atoms with E-state index in [1.165, 1.54) is 12.5 Å². The van der Waals surface area contributed by atoms with Crippen molar-refractivity contribution in [1.82, 2.24) is 0 Å². The number of ether oxygens (including phenoxy) is 8. The van der Waals surface area contributed by atoms with Gasteiger partial charge in [0.25, 0.3) is 0 Å². The molecule has 62 heavy (non-hydrogen) atoms. The SMILES string of the molecule is C[C@@H]1CC[C@@]2(OC1)O[C@H]1C[C@H]3[C@@H]4CC=C5C[C@@H](O[C@H]6O[C@H](CO)[C@@H](O)[C@H](O[C@@H]7O[C@H](CO)[C@@H](O)[C@H](O)[C@H]7O)[C@H]6O[C@H]6O[C@@H](C)[C@H](O)[C@@H](O)[C@H]6O)CC[C@]5(C)[C@H]4CC[C@]3(C)[C@H]1[C@@H]2C. The van der Waals surface area contributed by atoms with Gasteiger partial charge in [-0.05, 0) is 98.7 Å². The van der Waals surface area contributed by atoms with E-state index in [-0.39, 0.29) is 16.9 Å².